The summed E-state index contributed by atoms with van der Waals surface area (Å²) in [5, 5.41) is 21.6. The maximum Gasteiger partial charge on any atom is 0.336 e. The van der Waals surface area contributed by atoms with Gasteiger partial charge in [0.25, 0.3) is 0 Å². The van der Waals surface area contributed by atoms with Crippen molar-refractivity contribution in [3.63, 3.8) is 0 Å². The number of carbonyl (C=O) groups is 2. The number of carbonyl (C=O) groups excluding carboxylic acids is 2. The Labute approximate surface area is 196 Å². The van der Waals surface area contributed by atoms with Crippen molar-refractivity contribution in [1.29, 1.82) is 0 Å². The van der Waals surface area contributed by atoms with E-state index in [1.165, 1.54) is 23.4 Å². The Hall–Kier alpha value is -3.45. The van der Waals surface area contributed by atoms with Gasteiger partial charge in [-0.25, -0.2) is 14.6 Å². The van der Waals surface area contributed by atoms with Gasteiger partial charge in [-0.15, -0.1) is 5.10 Å². The van der Waals surface area contributed by atoms with Crippen LogP contribution in [0.15, 0.2) is 30.0 Å². The van der Waals surface area contributed by atoms with Gasteiger partial charge in [0.05, 0.1) is 29.4 Å². The Bertz CT molecular complexity index is 1060. The van der Waals surface area contributed by atoms with Crippen LogP contribution in [0.5, 0.6) is 0 Å². The van der Waals surface area contributed by atoms with Gasteiger partial charge in [0, 0.05) is 38.8 Å². The maximum atomic E-state index is 13.2. The number of aliphatic hydroxyl groups is 1. The molecule has 2 fully saturated rings. The third-order valence-electron chi connectivity index (χ3n) is 6.67. The van der Waals surface area contributed by atoms with Gasteiger partial charge in [0.15, 0.2) is 5.82 Å². The lowest BCUT2D eigenvalue weighted by Gasteiger charge is -2.43. The number of rotatable bonds is 6. The lowest BCUT2D eigenvalue weighted by molar-refractivity contribution is -0.136. The van der Waals surface area contributed by atoms with Crippen molar-refractivity contribution in [1.82, 2.24) is 44.9 Å². The van der Waals surface area contributed by atoms with Crippen LogP contribution in [0.25, 0.3) is 5.82 Å². The molecule has 0 aromatic carbocycles. The van der Waals surface area contributed by atoms with E-state index >= 15 is 0 Å². The molecule has 13 heteroatoms. The standard InChI is InChI=1S/C21H27N9O4/c1-14-17(12-34-20(14)32)29-6-2-5-28(21(29)33)15-3-7-27(8-4-15)11-18(31)16-9-23-19(10-22-16)30-13-24-25-26-30/h9-10,13,15,18,31H,2-8,11-12H2,1H3. The van der Waals surface area contributed by atoms with Crippen LogP contribution in [-0.2, 0) is 9.53 Å². The van der Waals surface area contributed by atoms with Crippen LogP contribution in [0.3, 0.4) is 0 Å². The lowest BCUT2D eigenvalue weighted by atomic mass is 10.0. The van der Waals surface area contributed by atoms with Gasteiger partial charge in [-0.3, -0.25) is 9.88 Å². The van der Waals surface area contributed by atoms with E-state index < -0.39 is 6.10 Å². The van der Waals surface area contributed by atoms with E-state index in [2.05, 4.69) is 30.4 Å². The molecule has 0 saturated carbocycles. The summed E-state index contributed by atoms with van der Waals surface area (Å²) in [7, 11) is 0. The fraction of sp³-hybridized carbons (Fsp3) is 0.571. The molecule has 2 amide bonds. The van der Waals surface area contributed by atoms with Crippen LogP contribution in [-0.4, -0.2) is 107 Å². The molecule has 0 radical (unpaired) electrons. The van der Waals surface area contributed by atoms with Crippen molar-refractivity contribution >= 4 is 12.0 Å². The molecule has 13 nitrogen and oxygen atoms in total. The number of cyclic esters (lactones) is 1. The molecule has 0 bridgehead atoms. The number of β-amino-alcohol motifs (C(OH)–C–C–N with tert-alkyl or cyclic N) is 1. The lowest BCUT2D eigenvalue weighted by Crippen LogP contribution is -2.55. The number of hydrogen-bond donors (Lipinski definition) is 1. The Kier molecular flexibility index (Phi) is 6.20. The van der Waals surface area contributed by atoms with Gasteiger partial charge in [0.2, 0.25) is 0 Å². The first-order valence-electron chi connectivity index (χ1n) is 11.4. The summed E-state index contributed by atoms with van der Waals surface area (Å²) < 4.78 is 6.49. The van der Waals surface area contributed by atoms with E-state index in [1.807, 2.05) is 4.90 Å². The normalized spacial score (nSPS) is 21.4. The number of aliphatic hydroxyl groups excluding tert-OH is 1. The highest BCUT2D eigenvalue weighted by Gasteiger charge is 2.37. The number of urea groups is 1. The summed E-state index contributed by atoms with van der Waals surface area (Å²) >= 11 is 0. The maximum absolute atomic E-state index is 13.2. The fourth-order valence-electron chi connectivity index (χ4n) is 4.72. The zero-order valence-electron chi connectivity index (χ0n) is 18.9. The molecular formula is C21H27N9O4. The number of likely N-dealkylation sites (tertiary alicyclic amines) is 1. The number of esters is 1. The van der Waals surface area contributed by atoms with Crippen molar-refractivity contribution in [2.75, 3.05) is 39.3 Å². The van der Waals surface area contributed by atoms with Gasteiger partial charge in [0.1, 0.15) is 19.0 Å². The van der Waals surface area contributed by atoms with E-state index in [9.17, 15) is 14.7 Å². The minimum Gasteiger partial charge on any atom is -0.456 e. The Morgan fingerprint density at radius 2 is 1.97 bits per heavy atom. The highest BCUT2D eigenvalue weighted by Crippen LogP contribution is 2.27. The second-order valence-electron chi connectivity index (χ2n) is 8.73. The number of aromatic nitrogens is 6. The summed E-state index contributed by atoms with van der Waals surface area (Å²) in [4.78, 5) is 39.3. The summed E-state index contributed by atoms with van der Waals surface area (Å²) in [6.07, 6.45) is 6.21. The van der Waals surface area contributed by atoms with Crippen molar-refractivity contribution in [2.45, 2.75) is 38.3 Å². The third kappa shape index (κ3) is 4.35. The minimum atomic E-state index is -0.770. The van der Waals surface area contributed by atoms with Crippen LogP contribution >= 0.6 is 0 Å². The number of hydrogen-bond acceptors (Lipinski definition) is 10. The molecule has 180 valence electrons. The molecule has 2 saturated heterocycles. The molecule has 0 spiro atoms. The molecule has 5 rings (SSSR count). The third-order valence-corrected chi connectivity index (χ3v) is 6.67. The molecule has 34 heavy (non-hydrogen) atoms. The molecule has 5 heterocycles. The van der Waals surface area contributed by atoms with Crippen LogP contribution < -0.4 is 0 Å². The minimum absolute atomic E-state index is 0.0460. The Balaban J connectivity index is 1.15. The van der Waals surface area contributed by atoms with E-state index in [0.717, 1.165) is 32.4 Å². The number of amides is 2. The van der Waals surface area contributed by atoms with E-state index in [4.69, 9.17) is 4.74 Å². The molecule has 1 N–H and O–H groups in total. The zero-order valence-corrected chi connectivity index (χ0v) is 18.9. The van der Waals surface area contributed by atoms with Crippen LogP contribution in [0.2, 0.25) is 0 Å². The summed E-state index contributed by atoms with van der Waals surface area (Å²) in [6.45, 7) is 5.18. The molecule has 1 unspecified atom stereocenters. The van der Waals surface area contributed by atoms with Crippen LogP contribution in [0.4, 0.5) is 4.79 Å². The summed E-state index contributed by atoms with van der Waals surface area (Å²) in [6, 6.07) is 0.0910. The fourth-order valence-corrected chi connectivity index (χ4v) is 4.72. The van der Waals surface area contributed by atoms with Crippen molar-refractivity contribution in [3.8, 4) is 5.82 Å². The number of ether oxygens (including phenoxy) is 1. The van der Waals surface area contributed by atoms with Gasteiger partial charge >= 0.3 is 12.0 Å². The second-order valence-corrected chi connectivity index (χ2v) is 8.73. The summed E-state index contributed by atoms with van der Waals surface area (Å²) in [5.74, 6) is 0.128. The second kappa shape index (κ2) is 9.43. The zero-order chi connectivity index (χ0) is 23.7. The largest absolute Gasteiger partial charge is 0.456 e. The van der Waals surface area contributed by atoms with Crippen molar-refractivity contribution in [3.05, 3.63) is 35.7 Å². The SMILES string of the molecule is CC1=C(N2CCCN(C3CCN(CC(O)c4cnc(-n5cnnn5)cn4)CC3)C2=O)COC1=O. The van der Waals surface area contributed by atoms with E-state index in [-0.39, 0.29) is 24.6 Å². The topological polar surface area (TPSA) is 143 Å². The quantitative estimate of drug-likeness (QED) is 0.570. The predicted octanol–water partition coefficient (Wildman–Crippen LogP) is -0.0914. The smallest absolute Gasteiger partial charge is 0.336 e. The number of nitrogens with zero attached hydrogens (tertiary/aromatic N) is 9. The molecule has 3 aliphatic heterocycles. The highest BCUT2D eigenvalue weighted by atomic mass is 16.5. The number of tetrazole rings is 1. The first kappa shape index (κ1) is 22.3. The van der Waals surface area contributed by atoms with Crippen molar-refractivity contribution < 1.29 is 19.4 Å². The van der Waals surface area contributed by atoms with E-state index in [0.29, 0.717) is 42.4 Å². The average Bonchev–Trinajstić information content (AvgIpc) is 3.51. The predicted molar refractivity (Wildman–Crippen MR) is 116 cm³/mol. The van der Waals surface area contributed by atoms with Crippen molar-refractivity contribution in [2.24, 2.45) is 0 Å². The average molecular weight is 470 g/mol. The van der Waals surface area contributed by atoms with E-state index in [1.54, 1.807) is 11.8 Å². The van der Waals surface area contributed by atoms with Crippen LogP contribution in [0, 0.1) is 0 Å². The van der Waals surface area contributed by atoms with Gasteiger partial charge in [-0.1, -0.05) is 0 Å². The number of piperidine rings is 1. The van der Waals surface area contributed by atoms with Gasteiger partial charge in [-0.2, -0.15) is 4.68 Å². The van der Waals surface area contributed by atoms with Gasteiger partial charge in [-0.05, 0) is 36.6 Å². The van der Waals surface area contributed by atoms with Gasteiger partial charge < -0.3 is 19.6 Å². The molecule has 2 aromatic rings. The van der Waals surface area contributed by atoms with Crippen LogP contribution in [0.1, 0.15) is 38.0 Å². The molecule has 0 aliphatic carbocycles. The first-order valence-corrected chi connectivity index (χ1v) is 11.4. The highest BCUT2D eigenvalue weighted by molar-refractivity contribution is 5.92. The molecular weight excluding hydrogens is 442 g/mol. The first-order chi connectivity index (χ1) is 16.5. The monoisotopic (exact) mass is 469 g/mol. The Morgan fingerprint density at radius 3 is 2.62 bits per heavy atom. The molecule has 3 aliphatic rings. The Morgan fingerprint density at radius 1 is 1.15 bits per heavy atom. The molecule has 2 aromatic heterocycles. The summed E-state index contributed by atoms with van der Waals surface area (Å²) in [5.41, 5.74) is 1.69. The molecule has 1 atom stereocenters.